The van der Waals surface area contributed by atoms with E-state index in [1.165, 1.54) is 42.9 Å². The summed E-state index contributed by atoms with van der Waals surface area (Å²) in [6.07, 6.45) is -5.90. The summed E-state index contributed by atoms with van der Waals surface area (Å²) < 4.78 is 78.0. The predicted molar refractivity (Wildman–Crippen MR) is 111 cm³/mol. The zero-order chi connectivity index (χ0) is 23.6. The van der Waals surface area contributed by atoms with Crippen LogP contribution >= 0.6 is 0 Å². The third-order valence-electron chi connectivity index (χ3n) is 5.01. The summed E-state index contributed by atoms with van der Waals surface area (Å²) in [6.45, 7) is 0.387. The van der Waals surface area contributed by atoms with Gasteiger partial charge in [0.15, 0.2) is 0 Å². The molecule has 4 aromatic rings. The fourth-order valence-electron chi connectivity index (χ4n) is 3.39. The Morgan fingerprint density at radius 3 is 2.24 bits per heavy atom. The molecular weight excluding hydrogens is 446 g/mol. The zero-order valence-electron chi connectivity index (χ0n) is 16.9. The van der Waals surface area contributed by atoms with Gasteiger partial charge in [0.2, 0.25) is 0 Å². The summed E-state index contributed by atoms with van der Waals surface area (Å²) in [5.74, 6) is 0.468. The number of benzene rings is 2. The molecule has 10 heteroatoms. The van der Waals surface area contributed by atoms with Gasteiger partial charge >= 0.3 is 12.4 Å². The molecule has 1 N–H and O–H groups in total. The van der Waals surface area contributed by atoms with Crippen molar-refractivity contribution in [1.82, 2.24) is 15.0 Å². The number of hydrogen-bond donors (Lipinski definition) is 1. The van der Waals surface area contributed by atoms with Crippen molar-refractivity contribution in [2.45, 2.75) is 18.8 Å². The van der Waals surface area contributed by atoms with Gasteiger partial charge in [-0.1, -0.05) is 18.2 Å². The molecule has 0 unspecified atom stereocenters. The highest BCUT2D eigenvalue weighted by atomic mass is 19.4. The SMILES string of the molecule is FC(F)(F)c1ccc(CCNc2ncnc3cc(-c4ncccc4C(F)(F)F)ccc23)cc1. The van der Waals surface area contributed by atoms with Crippen molar-refractivity contribution in [2.75, 3.05) is 11.9 Å². The number of rotatable bonds is 5. The lowest BCUT2D eigenvalue weighted by Gasteiger charge is -2.13. The van der Waals surface area contributed by atoms with Gasteiger partial charge in [-0.3, -0.25) is 4.98 Å². The Hall–Kier alpha value is -3.69. The number of aromatic nitrogens is 3. The molecule has 33 heavy (non-hydrogen) atoms. The monoisotopic (exact) mass is 462 g/mol. The summed E-state index contributed by atoms with van der Waals surface area (Å²) in [7, 11) is 0. The number of fused-ring (bicyclic) bond motifs is 1. The van der Waals surface area contributed by atoms with Crippen LogP contribution in [0, 0.1) is 0 Å². The van der Waals surface area contributed by atoms with Crippen LogP contribution < -0.4 is 5.32 Å². The first-order valence-corrected chi connectivity index (χ1v) is 9.80. The van der Waals surface area contributed by atoms with Gasteiger partial charge in [0, 0.05) is 23.7 Å². The lowest BCUT2D eigenvalue weighted by molar-refractivity contribution is -0.138. The second-order valence-electron chi connectivity index (χ2n) is 7.22. The highest BCUT2D eigenvalue weighted by Crippen LogP contribution is 2.36. The van der Waals surface area contributed by atoms with E-state index in [0.717, 1.165) is 18.2 Å². The summed E-state index contributed by atoms with van der Waals surface area (Å²) in [6, 6.07) is 11.7. The molecule has 2 aromatic heterocycles. The molecule has 4 nitrogen and oxygen atoms in total. The fourth-order valence-corrected chi connectivity index (χ4v) is 3.39. The molecule has 0 saturated heterocycles. The van der Waals surface area contributed by atoms with E-state index in [0.29, 0.717) is 35.2 Å². The molecule has 0 aliphatic carbocycles. The smallest absolute Gasteiger partial charge is 0.369 e. The molecule has 170 valence electrons. The van der Waals surface area contributed by atoms with Crippen LogP contribution in [0.5, 0.6) is 0 Å². The summed E-state index contributed by atoms with van der Waals surface area (Å²) >= 11 is 0. The van der Waals surface area contributed by atoms with E-state index >= 15 is 0 Å². The van der Waals surface area contributed by atoms with Crippen LogP contribution in [-0.4, -0.2) is 21.5 Å². The maximum absolute atomic E-state index is 13.3. The van der Waals surface area contributed by atoms with Crippen molar-refractivity contribution in [3.63, 3.8) is 0 Å². The third-order valence-corrected chi connectivity index (χ3v) is 5.01. The first kappa shape index (κ1) is 22.5. The number of anilines is 1. The topological polar surface area (TPSA) is 50.7 Å². The van der Waals surface area contributed by atoms with Crippen LogP contribution in [0.2, 0.25) is 0 Å². The van der Waals surface area contributed by atoms with Crippen molar-refractivity contribution in [2.24, 2.45) is 0 Å². The molecule has 0 spiro atoms. The van der Waals surface area contributed by atoms with E-state index in [9.17, 15) is 26.3 Å². The Morgan fingerprint density at radius 1 is 0.788 bits per heavy atom. The van der Waals surface area contributed by atoms with Crippen molar-refractivity contribution < 1.29 is 26.3 Å². The second kappa shape index (κ2) is 8.68. The minimum Gasteiger partial charge on any atom is -0.369 e. The van der Waals surface area contributed by atoms with E-state index in [2.05, 4.69) is 20.3 Å². The van der Waals surface area contributed by atoms with Crippen molar-refractivity contribution in [3.8, 4) is 11.3 Å². The molecular formula is C23H16F6N4. The largest absolute Gasteiger partial charge is 0.418 e. The van der Waals surface area contributed by atoms with Gasteiger partial charge in [0.05, 0.1) is 22.3 Å². The highest BCUT2D eigenvalue weighted by molar-refractivity contribution is 5.91. The normalized spacial score (nSPS) is 12.2. The first-order valence-electron chi connectivity index (χ1n) is 9.80. The van der Waals surface area contributed by atoms with Crippen molar-refractivity contribution in [1.29, 1.82) is 0 Å². The van der Waals surface area contributed by atoms with Gasteiger partial charge in [0.1, 0.15) is 12.1 Å². The Kier molecular flexibility index (Phi) is 5.92. The molecule has 0 saturated carbocycles. The van der Waals surface area contributed by atoms with Gasteiger partial charge in [-0.25, -0.2) is 9.97 Å². The summed E-state index contributed by atoms with van der Waals surface area (Å²) in [5.41, 5.74) is -0.330. The first-order chi connectivity index (χ1) is 15.6. The van der Waals surface area contributed by atoms with Crippen LogP contribution in [0.25, 0.3) is 22.2 Å². The summed E-state index contributed by atoms with van der Waals surface area (Å²) in [4.78, 5) is 12.2. The highest BCUT2D eigenvalue weighted by Gasteiger charge is 2.34. The number of alkyl halides is 6. The van der Waals surface area contributed by atoms with E-state index in [1.54, 1.807) is 6.07 Å². The van der Waals surface area contributed by atoms with Crippen LogP contribution in [0.1, 0.15) is 16.7 Å². The van der Waals surface area contributed by atoms with E-state index in [-0.39, 0.29) is 11.3 Å². The van der Waals surface area contributed by atoms with Gasteiger partial charge in [0.25, 0.3) is 0 Å². The standard InChI is InChI=1S/C23H16F6N4/c24-22(25,26)16-6-3-14(4-7-16)9-11-31-21-17-8-5-15(12-19(17)32-13-33-21)20-18(23(27,28)29)2-1-10-30-20/h1-8,10,12-13H,9,11H2,(H,31,32,33). The van der Waals surface area contributed by atoms with Gasteiger partial charge in [-0.2, -0.15) is 26.3 Å². The van der Waals surface area contributed by atoms with Crippen LogP contribution in [0.4, 0.5) is 32.2 Å². The quantitative estimate of drug-likeness (QED) is 0.350. The Morgan fingerprint density at radius 2 is 1.55 bits per heavy atom. The minimum absolute atomic E-state index is 0.192. The van der Waals surface area contributed by atoms with Crippen molar-refractivity contribution in [3.05, 3.63) is 83.8 Å². The Balaban J connectivity index is 1.53. The molecule has 0 atom stereocenters. The maximum Gasteiger partial charge on any atom is 0.418 e. The van der Waals surface area contributed by atoms with E-state index in [1.807, 2.05) is 0 Å². The molecule has 0 amide bonds. The number of pyridine rings is 1. The van der Waals surface area contributed by atoms with E-state index in [4.69, 9.17) is 0 Å². The van der Waals surface area contributed by atoms with Gasteiger partial charge in [-0.15, -0.1) is 0 Å². The second-order valence-corrected chi connectivity index (χ2v) is 7.22. The average Bonchev–Trinajstić information content (AvgIpc) is 2.78. The lowest BCUT2D eigenvalue weighted by atomic mass is 10.0. The molecule has 0 fully saturated rings. The van der Waals surface area contributed by atoms with E-state index < -0.39 is 23.5 Å². The average molecular weight is 462 g/mol. The third kappa shape index (κ3) is 5.05. The number of nitrogens with one attached hydrogen (secondary N) is 1. The Bertz CT molecular complexity index is 1270. The van der Waals surface area contributed by atoms with Crippen molar-refractivity contribution >= 4 is 16.7 Å². The Labute approximate surface area is 184 Å². The lowest BCUT2D eigenvalue weighted by Crippen LogP contribution is -2.09. The fraction of sp³-hybridized carbons (Fsp3) is 0.174. The molecule has 0 bridgehead atoms. The molecule has 0 radical (unpaired) electrons. The zero-order valence-corrected chi connectivity index (χ0v) is 16.9. The summed E-state index contributed by atoms with van der Waals surface area (Å²) in [5, 5.41) is 3.70. The van der Waals surface area contributed by atoms with Gasteiger partial charge < -0.3 is 5.32 Å². The van der Waals surface area contributed by atoms with Crippen LogP contribution in [0.15, 0.2) is 67.1 Å². The molecule has 2 heterocycles. The van der Waals surface area contributed by atoms with Crippen LogP contribution in [-0.2, 0) is 18.8 Å². The maximum atomic E-state index is 13.3. The number of halogens is 6. The minimum atomic E-state index is -4.55. The number of nitrogens with zero attached hydrogens (tertiary/aromatic N) is 3. The molecule has 2 aromatic carbocycles. The molecule has 0 aliphatic heterocycles. The molecule has 4 rings (SSSR count). The van der Waals surface area contributed by atoms with Gasteiger partial charge in [-0.05, 0) is 48.4 Å². The predicted octanol–water partition coefficient (Wildman–Crippen LogP) is 6.38. The number of hydrogen-bond acceptors (Lipinski definition) is 4. The van der Waals surface area contributed by atoms with Crippen LogP contribution in [0.3, 0.4) is 0 Å². The molecule has 0 aliphatic rings.